The van der Waals surface area contributed by atoms with E-state index in [4.69, 9.17) is 9.47 Å². The molecule has 8 heteroatoms. The first-order chi connectivity index (χ1) is 15.5. The van der Waals surface area contributed by atoms with Gasteiger partial charge in [-0.15, -0.1) is 0 Å². The van der Waals surface area contributed by atoms with E-state index in [-0.39, 0.29) is 24.0 Å². The van der Waals surface area contributed by atoms with Crippen molar-refractivity contribution in [3.05, 3.63) is 60.2 Å². The Kier molecular flexibility index (Phi) is 10.6. The molecule has 0 fully saturated rings. The van der Waals surface area contributed by atoms with Crippen LogP contribution in [-0.2, 0) is 9.53 Å². The second kappa shape index (κ2) is 13.7. The first-order valence-electron chi connectivity index (χ1n) is 10.9. The third-order valence-electron chi connectivity index (χ3n) is 4.67. The molecule has 0 aliphatic carbocycles. The molecular formula is C24H31N3O5. The summed E-state index contributed by atoms with van der Waals surface area (Å²) >= 11 is 0. The molecule has 172 valence electrons. The van der Waals surface area contributed by atoms with E-state index in [1.165, 1.54) is 0 Å². The Hall–Kier alpha value is -3.55. The third kappa shape index (κ3) is 8.67. The van der Waals surface area contributed by atoms with Gasteiger partial charge in [0.05, 0.1) is 0 Å². The highest BCUT2D eigenvalue weighted by Gasteiger charge is 2.18. The van der Waals surface area contributed by atoms with Gasteiger partial charge in [0.2, 0.25) is 0 Å². The molecule has 0 aromatic heterocycles. The molecule has 0 bridgehead atoms. The maximum atomic E-state index is 12.6. The van der Waals surface area contributed by atoms with Crippen LogP contribution in [0, 0.1) is 0 Å². The number of unbranched alkanes of at least 4 members (excludes halogenated alkanes) is 2. The van der Waals surface area contributed by atoms with Crippen LogP contribution in [0.1, 0.15) is 56.3 Å². The topological polar surface area (TPSA) is 106 Å². The van der Waals surface area contributed by atoms with Crippen LogP contribution in [-0.4, -0.2) is 30.6 Å². The van der Waals surface area contributed by atoms with Gasteiger partial charge >= 0.3 is 12.0 Å². The number of ether oxygens (including phenoxy) is 2. The van der Waals surface area contributed by atoms with Gasteiger partial charge in [0.15, 0.2) is 6.61 Å². The highest BCUT2D eigenvalue weighted by molar-refractivity contribution is 5.93. The Morgan fingerprint density at radius 3 is 2.34 bits per heavy atom. The molecule has 0 saturated heterocycles. The minimum Gasteiger partial charge on any atom is -0.483 e. The van der Waals surface area contributed by atoms with Crippen molar-refractivity contribution in [2.45, 2.75) is 52.1 Å². The van der Waals surface area contributed by atoms with E-state index in [2.05, 4.69) is 23.1 Å². The van der Waals surface area contributed by atoms with Gasteiger partial charge < -0.3 is 14.8 Å². The van der Waals surface area contributed by atoms with Gasteiger partial charge in [0.1, 0.15) is 17.4 Å². The fourth-order valence-corrected chi connectivity index (χ4v) is 2.93. The molecule has 0 saturated carbocycles. The van der Waals surface area contributed by atoms with Crippen molar-refractivity contribution in [3.63, 3.8) is 0 Å². The van der Waals surface area contributed by atoms with E-state index in [0.29, 0.717) is 5.69 Å². The number of para-hydroxylation sites is 2. The number of carbonyl (C=O) groups excluding carboxylic acids is 3. The SMILES string of the molecule is CCCCCC(CC)OC(=O)c1ccccc1OCC(=O)NNC(=O)Nc1ccccc1. The number of hydrazine groups is 1. The van der Waals surface area contributed by atoms with E-state index in [1.54, 1.807) is 48.5 Å². The van der Waals surface area contributed by atoms with Crippen LogP contribution >= 0.6 is 0 Å². The highest BCUT2D eigenvalue weighted by Crippen LogP contribution is 2.21. The molecule has 2 aromatic carbocycles. The molecule has 0 heterocycles. The zero-order valence-corrected chi connectivity index (χ0v) is 18.6. The van der Waals surface area contributed by atoms with E-state index in [0.717, 1.165) is 32.1 Å². The van der Waals surface area contributed by atoms with Crippen molar-refractivity contribution in [2.75, 3.05) is 11.9 Å². The number of hydrogen-bond acceptors (Lipinski definition) is 5. The summed E-state index contributed by atoms with van der Waals surface area (Å²) in [6.45, 7) is 3.73. The molecular weight excluding hydrogens is 410 g/mol. The standard InChI is InChI=1S/C24H31N3O5/c1-3-5-7-14-19(4-2)32-23(29)20-15-10-11-16-21(20)31-17-22(28)26-27-24(30)25-18-12-8-6-9-13-18/h6,8-13,15-16,19H,3-5,7,14,17H2,1-2H3,(H,26,28)(H2,25,27,30). The number of hydrogen-bond donors (Lipinski definition) is 3. The predicted octanol–water partition coefficient (Wildman–Crippen LogP) is 4.43. The number of esters is 1. The maximum Gasteiger partial charge on any atom is 0.342 e. The molecule has 2 aromatic rings. The van der Waals surface area contributed by atoms with Crippen LogP contribution in [0.3, 0.4) is 0 Å². The molecule has 3 N–H and O–H groups in total. The van der Waals surface area contributed by atoms with Crippen LogP contribution in [0.15, 0.2) is 54.6 Å². The summed E-state index contributed by atoms with van der Waals surface area (Å²) in [5, 5.41) is 2.57. The van der Waals surface area contributed by atoms with Crippen molar-refractivity contribution in [3.8, 4) is 5.75 Å². The van der Waals surface area contributed by atoms with Gasteiger partial charge in [-0.25, -0.2) is 15.0 Å². The average molecular weight is 442 g/mol. The molecule has 3 amide bonds. The van der Waals surface area contributed by atoms with Crippen molar-refractivity contribution in [1.29, 1.82) is 0 Å². The molecule has 2 rings (SSSR count). The summed E-state index contributed by atoms with van der Waals surface area (Å²) in [5.74, 6) is -0.822. The Bertz CT molecular complexity index is 873. The van der Waals surface area contributed by atoms with Gasteiger partial charge in [-0.3, -0.25) is 10.2 Å². The summed E-state index contributed by atoms with van der Waals surface area (Å²) in [5.41, 5.74) is 5.33. The second-order valence-electron chi connectivity index (χ2n) is 7.21. The summed E-state index contributed by atoms with van der Waals surface area (Å²) in [4.78, 5) is 36.5. The summed E-state index contributed by atoms with van der Waals surface area (Å²) in [6.07, 6.45) is 4.60. The highest BCUT2D eigenvalue weighted by atomic mass is 16.5. The Morgan fingerprint density at radius 2 is 1.62 bits per heavy atom. The summed E-state index contributed by atoms with van der Waals surface area (Å²) in [6, 6.07) is 14.8. The van der Waals surface area contributed by atoms with E-state index < -0.39 is 17.9 Å². The average Bonchev–Trinajstić information content (AvgIpc) is 2.81. The number of anilines is 1. The quantitative estimate of drug-likeness (QED) is 0.272. The minimum atomic E-state index is -0.595. The first-order valence-corrected chi connectivity index (χ1v) is 10.9. The lowest BCUT2D eigenvalue weighted by atomic mass is 10.1. The molecule has 0 radical (unpaired) electrons. The smallest absolute Gasteiger partial charge is 0.342 e. The molecule has 0 spiro atoms. The molecule has 1 unspecified atom stereocenters. The number of rotatable bonds is 11. The zero-order valence-electron chi connectivity index (χ0n) is 18.6. The summed E-state index contributed by atoms with van der Waals surface area (Å²) < 4.78 is 11.1. The third-order valence-corrected chi connectivity index (χ3v) is 4.67. The Balaban J connectivity index is 1.83. The summed E-state index contributed by atoms with van der Waals surface area (Å²) in [7, 11) is 0. The monoisotopic (exact) mass is 441 g/mol. The van der Waals surface area contributed by atoms with Crippen LogP contribution < -0.4 is 20.9 Å². The van der Waals surface area contributed by atoms with E-state index >= 15 is 0 Å². The zero-order chi connectivity index (χ0) is 23.2. The molecule has 32 heavy (non-hydrogen) atoms. The Labute approximate surface area is 188 Å². The van der Waals surface area contributed by atoms with Crippen LogP contribution in [0.2, 0.25) is 0 Å². The number of nitrogens with one attached hydrogen (secondary N) is 3. The molecule has 0 aliphatic heterocycles. The Morgan fingerprint density at radius 1 is 0.906 bits per heavy atom. The maximum absolute atomic E-state index is 12.6. The van der Waals surface area contributed by atoms with Crippen molar-refractivity contribution in [2.24, 2.45) is 0 Å². The predicted molar refractivity (Wildman–Crippen MR) is 122 cm³/mol. The fourth-order valence-electron chi connectivity index (χ4n) is 2.93. The first kappa shape index (κ1) is 24.7. The normalized spacial score (nSPS) is 11.2. The number of amides is 3. The molecule has 0 aliphatic rings. The van der Waals surface area contributed by atoms with Gasteiger partial charge in [-0.1, -0.05) is 57.0 Å². The van der Waals surface area contributed by atoms with Gasteiger partial charge in [0.25, 0.3) is 5.91 Å². The number of carbonyl (C=O) groups is 3. The van der Waals surface area contributed by atoms with Crippen molar-refractivity contribution in [1.82, 2.24) is 10.9 Å². The molecule has 8 nitrogen and oxygen atoms in total. The fraction of sp³-hybridized carbons (Fsp3) is 0.375. The van der Waals surface area contributed by atoms with Crippen molar-refractivity contribution >= 4 is 23.6 Å². The van der Waals surface area contributed by atoms with E-state index in [1.807, 2.05) is 13.0 Å². The van der Waals surface area contributed by atoms with Crippen molar-refractivity contribution < 1.29 is 23.9 Å². The second-order valence-corrected chi connectivity index (χ2v) is 7.21. The largest absolute Gasteiger partial charge is 0.483 e. The molecule has 1 atom stereocenters. The minimum absolute atomic E-state index is 0.155. The van der Waals surface area contributed by atoms with Gasteiger partial charge in [-0.2, -0.15) is 0 Å². The van der Waals surface area contributed by atoms with Crippen LogP contribution in [0.5, 0.6) is 5.75 Å². The lowest BCUT2D eigenvalue weighted by molar-refractivity contribution is -0.123. The van der Waals surface area contributed by atoms with E-state index in [9.17, 15) is 14.4 Å². The van der Waals surface area contributed by atoms with Gasteiger partial charge in [0, 0.05) is 5.69 Å². The van der Waals surface area contributed by atoms with Crippen LogP contribution in [0.25, 0.3) is 0 Å². The van der Waals surface area contributed by atoms with Crippen LogP contribution in [0.4, 0.5) is 10.5 Å². The lowest BCUT2D eigenvalue weighted by Crippen LogP contribution is -2.45. The lowest BCUT2D eigenvalue weighted by Gasteiger charge is -2.17. The number of urea groups is 1. The van der Waals surface area contributed by atoms with Gasteiger partial charge in [-0.05, 0) is 43.5 Å². The number of benzene rings is 2.